The van der Waals surface area contributed by atoms with Gasteiger partial charge in [0, 0.05) is 32.3 Å². The van der Waals surface area contributed by atoms with Gasteiger partial charge in [-0.1, -0.05) is 20.8 Å². The zero-order valence-electron chi connectivity index (χ0n) is 13.3. The molecule has 0 amide bonds. The van der Waals surface area contributed by atoms with Crippen molar-refractivity contribution in [3.63, 3.8) is 0 Å². The maximum Gasteiger partial charge on any atom is 0.0702 e. The van der Waals surface area contributed by atoms with Gasteiger partial charge in [-0.3, -0.25) is 0 Å². The molecule has 0 saturated carbocycles. The lowest BCUT2D eigenvalue weighted by atomic mass is 9.93. The van der Waals surface area contributed by atoms with Gasteiger partial charge in [-0.2, -0.15) is 0 Å². The Morgan fingerprint density at radius 2 is 2.15 bits per heavy atom. The van der Waals surface area contributed by atoms with Crippen molar-refractivity contribution in [2.75, 3.05) is 32.8 Å². The van der Waals surface area contributed by atoms with Crippen molar-refractivity contribution in [1.82, 2.24) is 10.2 Å². The third-order valence-electron chi connectivity index (χ3n) is 4.83. The number of rotatable bonds is 6. The van der Waals surface area contributed by atoms with Crippen LogP contribution in [-0.4, -0.2) is 61.0 Å². The van der Waals surface area contributed by atoms with E-state index in [9.17, 15) is 5.11 Å². The van der Waals surface area contributed by atoms with Gasteiger partial charge in [0.1, 0.15) is 0 Å². The van der Waals surface area contributed by atoms with Gasteiger partial charge in [0.25, 0.3) is 0 Å². The third kappa shape index (κ3) is 4.69. The summed E-state index contributed by atoms with van der Waals surface area (Å²) in [5, 5.41) is 13.5. The molecule has 0 aromatic rings. The molecule has 4 nitrogen and oxygen atoms in total. The number of hydrogen-bond donors (Lipinski definition) is 2. The van der Waals surface area contributed by atoms with Gasteiger partial charge < -0.3 is 20.1 Å². The first-order chi connectivity index (χ1) is 9.56. The summed E-state index contributed by atoms with van der Waals surface area (Å²) in [5.41, 5.74) is 0. The second-order valence-electron chi connectivity index (χ2n) is 6.99. The predicted octanol–water partition coefficient (Wildman–Crippen LogP) is 1.48. The predicted molar refractivity (Wildman–Crippen MR) is 81.8 cm³/mol. The van der Waals surface area contributed by atoms with Crippen molar-refractivity contribution in [2.45, 2.75) is 58.3 Å². The van der Waals surface area contributed by atoms with E-state index in [1.54, 1.807) is 0 Å². The summed E-state index contributed by atoms with van der Waals surface area (Å²) in [6.45, 7) is 11.5. The Balaban J connectivity index is 1.68. The molecule has 0 spiro atoms. The molecule has 20 heavy (non-hydrogen) atoms. The number of aliphatic hydroxyl groups is 1. The van der Waals surface area contributed by atoms with Crippen molar-refractivity contribution in [2.24, 2.45) is 11.8 Å². The lowest BCUT2D eigenvalue weighted by Crippen LogP contribution is -2.51. The lowest BCUT2D eigenvalue weighted by molar-refractivity contribution is 0.0480. The maximum atomic E-state index is 9.90. The van der Waals surface area contributed by atoms with Crippen LogP contribution in [0.1, 0.15) is 40.0 Å². The molecular weight excluding hydrogens is 252 g/mol. The molecule has 2 aliphatic rings. The molecule has 0 radical (unpaired) electrons. The number of ether oxygens (including phenoxy) is 1. The van der Waals surface area contributed by atoms with E-state index in [1.807, 2.05) is 0 Å². The molecule has 4 atom stereocenters. The van der Waals surface area contributed by atoms with Gasteiger partial charge in [-0.25, -0.2) is 0 Å². The van der Waals surface area contributed by atoms with Crippen LogP contribution in [0.5, 0.6) is 0 Å². The van der Waals surface area contributed by atoms with Gasteiger partial charge in [-0.05, 0) is 37.6 Å². The van der Waals surface area contributed by atoms with Crippen LogP contribution in [0.4, 0.5) is 0 Å². The summed E-state index contributed by atoms with van der Waals surface area (Å²) < 4.78 is 5.73. The fourth-order valence-electron chi connectivity index (χ4n) is 3.29. The Morgan fingerprint density at radius 3 is 2.75 bits per heavy atom. The van der Waals surface area contributed by atoms with Crippen LogP contribution >= 0.6 is 0 Å². The van der Waals surface area contributed by atoms with Crippen LogP contribution in [0.3, 0.4) is 0 Å². The number of aliphatic hydroxyl groups excluding tert-OH is 1. The Morgan fingerprint density at radius 1 is 1.35 bits per heavy atom. The molecule has 2 aliphatic heterocycles. The van der Waals surface area contributed by atoms with Gasteiger partial charge in [0.2, 0.25) is 0 Å². The topological polar surface area (TPSA) is 44.7 Å². The molecule has 0 aliphatic carbocycles. The van der Waals surface area contributed by atoms with Crippen molar-refractivity contribution in [3.05, 3.63) is 0 Å². The van der Waals surface area contributed by atoms with Crippen LogP contribution in [0.2, 0.25) is 0 Å². The van der Waals surface area contributed by atoms with E-state index in [2.05, 4.69) is 31.0 Å². The van der Waals surface area contributed by atoms with Crippen molar-refractivity contribution < 1.29 is 9.84 Å². The number of nitrogens with zero attached hydrogens (tertiary/aromatic N) is 1. The zero-order valence-corrected chi connectivity index (χ0v) is 13.3. The first kappa shape index (κ1) is 16.2. The van der Waals surface area contributed by atoms with Gasteiger partial charge >= 0.3 is 0 Å². The van der Waals surface area contributed by atoms with E-state index < -0.39 is 0 Å². The monoisotopic (exact) mass is 284 g/mol. The van der Waals surface area contributed by atoms with Crippen LogP contribution in [0.15, 0.2) is 0 Å². The highest BCUT2D eigenvalue weighted by Crippen LogP contribution is 2.20. The molecule has 2 heterocycles. The van der Waals surface area contributed by atoms with Crippen molar-refractivity contribution in [1.29, 1.82) is 0 Å². The quantitative estimate of drug-likeness (QED) is 0.775. The summed E-state index contributed by atoms with van der Waals surface area (Å²) in [6, 6.07) is 0.546. The van der Waals surface area contributed by atoms with Crippen LogP contribution < -0.4 is 5.32 Å². The van der Waals surface area contributed by atoms with E-state index in [4.69, 9.17) is 4.74 Å². The highest BCUT2D eigenvalue weighted by molar-refractivity contribution is 4.85. The lowest BCUT2D eigenvalue weighted by Gasteiger charge is -2.38. The highest BCUT2D eigenvalue weighted by atomic mass is 16.5. The van der Waals surface area contributed by atoms with E-state index >= 15 is 0 Å². The molecule has 2 rings (SSSR count). The summed E-state index contributed by atoms with van der Waals surface area (Å²) in [7, 11) is 0. The Bertz CT molecular complexity index is 280. The van der Waals surface area contributed by atoms with Gasteiger partial charge in [-0.15, -0.1) is 0 Å². The standard InChI is InChI=1S/C16H32N2O2/c1-12(2)16(19)9-17-15-6-7-18(10-13(15)3)11-14-5-4-8-20-14/h12-17,19H,4-11H2,1-3H3. The van der Waals surface area contributed by atoms with Crippen molar-refractivity contribution >= 4 is 0 Å². The minimum absolute atomic E-state index is 0.230. The second-order valence-corrected chi connectivity index (χ2v) is 6.99. The Kier molecular flexibility index (Phi) is 6.27. The van der Waals surface area contributed by atoms with Gasteiger partial charge in [0.15, 0.2) is 0 Å². The average molecular weight is 284 g/mol. The fourth-order valence-corrected chi connectivity index (χ4v) is 3.29. The van der Waals surface area contributed by atoms with Gasteiger partial charge in [0.05, 0.1) is 12.2 Å². The molecular formula is C16H32N2O2. The first-order valence-electron chi connectivity index (χ1n) is 8.31. The zero-order chi connectivity index (χ0) is 14.5. The van der Waals surface area contributed by atoms with Crippen LogP contribution in [0.25, 0.3) is 0 Å². The molecule has 0 aromatic carbocycles. The molecule has 4 unspecified atom stereocenters. The average Bonchev–Trinajstić information content (AvgIpc) is 2.90. The normalized spacial score (nSPS) is 33.8. The summed E-state index contributed by atoms with van der Waals surface area (Å²) in [6.07, 6.45) is 3.87. The molecule has 2 N–H and O–H groups in total. The Labute approximate surface area is 123 Å². The maximum absolute atomic E-state index is 9.90. The number of likely N-dealkylation sites (tertiary alicyclic amines) is 1. The minimum Gasteiger partial charge on any atom is -0.392 e. The van der Waals surface area contributed by atoms with Crippen molar-refractivity contribution in [3.8, 4) is 0 Å². The SMILES string of the molecule is CC(C)C(O)CNC1CCN(CC2CCCO2)CC1C. The molecule has 4 heteroatoms. The van der Waals surface area contributed by atoms with E-state index in [0.717, 1.165) is 32.8 Å². The first-order valence-corrected chi connectivity index (χ1v) is 8.31. The molecule has 0 aromatic heterocycles. The number of piperidine rings is 1. The fraction of sp³-hybridized carbons (Fsp3) is 1.00. The van der Waals surface area contributed by atoms with Crippen LogP contribution in [0, 0.1) is 11.8 Å². The smallest absolute Gasteiger partial charge is 0.0702 e. The highest BCUT2D eigenvalue weighted by Gasteiger charge is 2.28. The number of hydrogen-bond acceptors (Lipinski definition) is 4. The number of nitrogens with one attached hydrogen (secondary N) is 1. The molecule has 2 saturated heterocycles. The third-order valence-corrected chi connectivity index (χ3v) is 4.83. The van der Waals surface area contributed by atoms with E-state index in [-0.39, 0.29) is 6.10 Å². The molecule has 0 bridgehead atoms. The van der Waals surface area contributed by atoms with Crippen LogP contribution in [-0.2, 0) is 4.74 Å². The molecule has 118 valence electrons. The second kappa shape index (κ2) is 7.74. The minimum atomic E-state index is -0.230. The van der Waals surface area contributed by atoms with E-state index in [0.29, 0.717) is 24.0 Å². The summed E-state index contributed by atoms with van der Waals surface area (Å²) in [4.78, 5) is 2.55. The largest absolute Gasteiger partial charge is 0.392 e. The van der Waals surface area contributed by atoms with E-state index in [1.165, 1.54) is 19.3 Å². The Hall–Kier alpha value is -0.160. The molecule has 2 fully saturated rings. The summed E-state index contributed by atoms with van der Waals surface area (Å²) >= 11 is 0. The summed E-state index contributed by atoms with van der Waals surface area (Å²) in [5.74, 6) is 0.974.